The van der Waals surface area contributed by atoms with E-state index in [9.17, 15) is 70.9 Å². The molecule has 16 N–H and O–H groups in total. The molecule has 0 radical (unpaired) electrons. The molecular weight excluding hydrogens is 608 g/mol. The van der Waals surface area contributed by atoms with E-state index in [2.05, 4.69) is 5.32 Å². The van der Waals surface area contributed by atoms with Crippen LogP contribution in [0.4, 0.5) is 0 Å². The Morgan fingerprint density at radius 2 is 1.52 bits per heavy atom. The summed E-state index contributed by atoms with van der Waals surface area (Å²) < 4.78 is 26.8. The normalized spacial score (nSPS) is 44.2. The maximum atomic E-state index is 12.5. The summed E-state index contributed by atoms with van der Waals surface area (Å²) in [5.41, 5.74) is 0. The number of carbonyl (C=O) groups is 2. The molecule has 0 bridgehead atoms. The standard InChI is InChI=1S/C23H39NO19.H3N/c1-6(28)24-11-7(29)2-23(22(37)38,42-18(11)12(31)8(30)3-25)43-19-13(32)9(4-26)40-21(16(19)35)41-17-10(5-27)39-20(36)15(34)14(17)33;/h7-21,25-27,29-36H,2-5H2,1H3,(H,24,28)(H,37,38);1H3/t7-,8+,9+,10+,11+,12+,13-,14+,15+,16+,17+,18+,19-,20-,21-,23-;/m0./s1. The van der Waals surface area contributed by atoms with E-state index in [0.717, 1.165) is 6.92 Å². The van der Waals surface area contributed by atoms with Crippen molar-refractivity contribution in [3.8, 4) is 0 Å². The number of hydrogen-bond donors (Lipinski definition) is 14. The van der Waals surface area contributed by atoms with E-state index in [-0.39, 0.29) is 6.15 Å². The monoisotopic (exact) mass is 650 g/mol. The summed E-state index contributed by atoms with van der Waals surface area (Å²) in [6.07, 6.45) is -27.8. The molecule has 3 saturated heterocycles. The minimum atomic E-state index is -3.02. The zero-order chi connectivity index (χ0) is 32.4. The molecule has 3 fully saturated rings. The van der Waals surface area contributed by atoms with Crippen molar-refractivity contribution in [3.63, 3.8) is 0 Å². The van der Waals surface area contributed by atoms with Gasteiger partial charge in [-0.1, -0.05) is 0 Å². The molecule has 3 rings (SSSR count). The third-order valence-electron chi connectivity index (χ3n) is 7.47. The number of hydrogen-bond acceptors (Lipinski definition) is 19. The van der Waals surface area contributed by atoms with Gasteiger partial charge in [-0.2, -0.15) is 0 Å². The molecule has 258 valence electrons. The molecule has 21 heteroatoms. The molecule has 3 heterocycles. The van der Waals surface area contributed by atoms with Crippen LogP contribution in [0.2, 0.25) is 0 Å². The number of ether oxygens (including phenoxy) is 5. The van der Waals surface area contributed by atoms with Gasteiger partial charge in [0.15, 0.2) is 12.6 Å². The molecule has 0 unspecified atom stereocenters. The third-order valence-corrected chi connectivity index (χ3v) is 7.47. The van der Waals surface area contributed by atoms with Crippen molar-refractivity contribution in [2.24, 2.45) is 0 Å². The molecule has 0 saturated carbocycles. The van der Waals surface area contributed by atoms with Gasteiger partial charge in [0.2, 0.25) is 5.91 Å². The van der Waals surface area contributed by atoms with Crippen molar-refractivity contribution >= 4 is 11.9 Å². The van der Waals surface area contributed by atoms with Crippen molar-refractivity contribution in [2.45, 2.75) is 111 Å². The van der Waals surface area contributed by atoms with E-state index in [1.165, 1.54) is 0 Å². The van der Waals surface area contributed by atoms with E-state index in [1.807, 2.05) is 0 Å². The summed E-state index contributed by atoms with van der Waals surface area (Å²) >= 11 is 0. The van der Waals surface area contributed by atoms with E-state index >= 15 is 0 Å². The topological polar surface area (TPSA) is 370 Å². The average Bonchev–Trinajstić information content (AvgIpc) is 2.96. The summed E-state index contributed by atoms with van der Waals surface area (Å²) in [7, 11) is 0. The predicted molar refractivity (Wildman–Crippen MR) is 135 cm³/mol. The van der Waals surface area contributed by atoms with Crippen LogP contribution < -0.4 is 11.5 Å². The quantitative estimate of drug-likeness (QED) is 0.0986. The number of nitrogens with one attached hydrogen (secondary N) is 1. The fraction of sp³-hybridized carbons (Fsp3) is 0.913. The fourth-order valence-corrected chi connectivity index (χ4v) is 5.16. The summed E-state index contributed by atoms with van der Waals surface area (Å²) in [6.45, 7) is -1.85. The van der Waals surface area contributed by atoms with Crippen LogP contribution in [-0.4, -0.2) is 191 Å². The van der Waals surface area contributed by atoms with Crippen LogP contribution >= 0.6 is 0 Å². The van der Waals surface area contributed by atoms with Gasteiger partial charge in [0, 0.05) is 13.3 Å². The van der Waals surface area contributed by atoms with Gasteiger partial charge in [-0.15, -0.1) is 0 Å². The Labute approximate surface area is 249 Å². The van der Waals surface area contributed by atoms with Gasteiger partial charge in [-0.05, 0) is 0 Å². The smallest absolute Gasteiger partial charge is 0.364 e. The highest BCUT2D eigenvalue weighted by Gasteiger charge is 2.60. The molecule has 3 aliphatic heterocycles. The van der Waals surface area contributed by atoms with Crippen LogP contribution in [0.5, 0.6) is 0 Å². The zero-order valence-electron chi connectivity index (χ0n) is 23.4. The first kappa shape index (κ1) is 38.4. The minimum Gasteiger partial charge on any atom is -0.477 e. The summed E-state index contributed by atoms with van der Waals surface area (Å²) in [5.74, 6) is -5.74. The van der Waals surface area contributed by atoms with Gasteiger partial charge in [-0.25, -0.2) is 4.79 Å². The number of aliphatic hydroxyl groups excluding tert-OH is 11. The largest absolute Gasteiger partial charge is 0.477 e. The SMILES string of the molecule is CC(=O)N[C@H]1[C@H]([C@H](O)[C@H](O)CO)O[C@@](O[C@H]2[C@@H](O)[C@@H](CO)O[C@@H](O[C@H]3[C@H](O)[C@@H](O)[C@@H](O)O[C@@H]3CO)[C@@H]2O)(C(=O)O)C[C@@H]1O.N. The lowest BCUT2D eigenvalue weighted by Gasteiger charge is -2.50. The van der Waals surface area contributed by atoms with E-state index in [1.54, 1.807) is 0 Å². The first-order chi connectivity index (χ1) is 20.1. The predicted octanol–water partition coefficient (Wildman–Crippen LogP) is -8.06. The molecule has 0 aromatic rings. The first-order valence-corrected chi connectivity index (χ1v) is 13.2. The highest BCUT2D eigenvalue weighted by atomic mass is 16.8. The molecule has 21 nitrogen and oxygen atoms in total. The average molecular weight is 651 g/mol. The second kappa shape index (κ2) is 15.7. The number of carboxylic acids is 1. The highest BCUT2D eigenvalue weighted by molar-refractivity contribution is 5.76. The van der Waals surface area contributed by atoms with Gasteiger partial charge < -0.3 is 96.4 Å². The summed E-state index contributed by atoms with van der Waals surface area (Å²) in [6, 6.07) is -1.54. The van der Waals surface area contributed by atoms with E-state index in [0.29, 0.717) is 0 Å². The second-order valence-electron chi connectivity index (χ2n) is 10.5. The Morgan fingerprint density at radius 1 is 0.909 bits per heavy atom. The van der Waals surface area contributed by atoms with Crippen LogP contribution in [0.15, 0.2) is 0 Å². The zero-order valence-corrected chi connectivity index (χ0v) is 23.4. The molecule has 1 amide bonds. The van der Waals surface area contributed by atoms with E-state index in [4.69, 9.17) is 23.7 Å². The Morgan fingerprint density at radius 3 is 2.05 bits per heavy atom. The fourth-order valence-electron chi connectivity index (χ4n) is 5.16. The lowest BCUT2D eigenvalue weighted by atomic mass is 9.88. The maximum absolute atomic E-state index is 12.5. The molecule has 16 atom stereocenters. The van der Waals surface area contributed by atoms with Gasteiger partial charge in [0.1, 0.15) is 67.1 Å². The number of amides is 1. The number of carboxylic acid groups (broad SMARTS) is 1. The van der Waals surface area contributed by atoms with Crippen LogP contribution in [0.25, 0.3) is 0 Å². The van der Waals surface area contributed by atoms with Gasteiger partial charge >= 0.3 is 5.97 Å². The first-order valence-electron chi connectivity index (χ1n) is 13.2. The molecule has 44 heavy (non-hydrogen) atoms. The third kappa shape index (κ3) is 7.79. The number of aliphatic hydroxyl groups is 11. The minimum absolute atomic E-state index is 0. The summed E-state index contributed by atoms with van der Waals surface area (Å²) in [5, 5.41) is 124. The number of aliphatic carboxylic acids is 1. The molecule has 0 aromatic carbocycles. The van der Waals surface area contributed by atoms with E-state index < -0.39 is 136 Å². The molecule has 3 aliphatic rings. The van der Waals surface area contributed by atoms with Crippen molar-refractivity contribution in [3.05, 3.63) is 0 Å². The number of rotatable bonds is 11. The number of carbonyl (C=O) groups excluding carboxylic acids is 1. The Hall–Kier alpha value is -1.74. The Balaban J connectivity index is 0.00000675. The molecule has 0 aromatic heterocycles. The maximum Gasteiger partial charge on any atom is 0.364 e. The molecule has 0 spiro atoms. The summed E-state index contributed by atoms with van der Waals surface area (Å²) in [4.78, 5) is 24.3. The highest BCUT2D eigenvalue weighted by Crippen LogP contribution is 2.38. The lowest BCUT2D eigenvalue weighted by molar-refractivity contribution is -0.385. The Kier molecular flexibility index (Phi) is 13.7. The van der Waals surface area contributed by atoms with Gasteiger partial charge in [-0.3, -0.25) is 4.79 Å². The van der Waals surface area contributed by atoms with Crippen molar-refractivity contribution in [1.82, 2.24) is 11.5 Å². The van der Waals surface area contributed by atoms with Crippen molar-refractivity contribution < 1.29 is 94.6 Å². The molecular formula is C23H42N2O19. The van der Waals surface area contributed by atoms with Crippen LogP contribution in [0, 0.1) is 0 Å². The van der Waals surface area contributed by atoms with Crippen LogP contribution in [0.1, 0.15) is 13.3 Å². The van der Waals surface area contributed by atoms with Crippen molar-refractivity contribution in [1.29, 1.82) is 0 Å². The van der Waals surface area contributed by atoms with Crippen molar-refractivity contribution in [2.75, 3.05) is 19.8 Å². The Bertz CT molecular complexity index is 947. The van der Waals surface area contributed by atoms with Crippen LogP contribution in [0.3, 0.4) is 0 Å². The second-order valence-corrected chi connectivity index (χ2v) is 10.5. The lowest BCUT2D eigenvalue weighted by Crippen LogP contribution is -2.70. The van der Waals surface area contributed by atoms with Gasteiger partial charge in [0.25, 0.3) is 5.79 Å². The molecule has 0 aliphatic carbocycles. The van der Waals surface area contributed by atoms with Crippen LogP contribution in [-0.2, 0) is 33.3 Å². The van der Waals surface area contributed by atoms with Gasteiger partial charge in [0.05, 0.1) is 32.0 Å².